The number of aryl methyl sites for hydroxylation is 2. The maximum absolute atomic E-state index is 14.6. The molecule has 0 fully saturated rings. The molecule has 2 aromatic carbocycles. The normalized spacial score (nSPS) is 11.0. The predicted molar refractivity (Wildman–Crippen MR) is 117 cm³/mol. The number of carbonyl (C=O) groups is 1. The third-order valence-corrected chi connectivity index (χ3v) is 5.28. The van der Waals surface area contributed by atoms with Crippen LogP contribution in [0.1, 0.15) is 39.9 Å². The molecular weight excluding hydrogens is 393 g/mol. The third-order valence-electron chi connectivity index (χ3n) is 5.28. The molecule has 6 nitrogen and oxygen atoms in total. The van der Waals surface area contributed by atoms with Gasteiger partial charge in [0.15, 0.2) is 0 Å². The Bertz CT molecular complexity index is 1220. The fourth-order valence-corrected chi connectivity index (χ4v) is 3.58. The van der Waals surface area contributed by atoms with Crippen LogP contribution < -0.4 is 5.32 Å². The Morgan fingerprint density at radius 1 is 1.13 bits per heavy atom. The summed E-state index contributed by atoms with van der Waals surface area (Å²) >= 11 is 0. The van der Waals surface area contributed by atoms with E-state index in [2.05, 4.69) is 15.4 Å². The summed E-state index contributed by atoms with van der Waals surface area (Å²) in [5, 5.41) is 7.29. The van der Waals surface area contributed by atoms with Gasteiger partial charge >= 0.3 is 0 Å². The van der Waals surface area contributed by atoms with E-state index >= 15 is 0 Å². The van der Waals surface area contributed by atoms with Gasteiger partial charge in [-0.15, -0.1) is 0 Å². The van der Waals surface area contributed by atoms with Crippen LogP contribution in [0.25, 0.3) is 11.4 Å². The fraction of sp³-hybridized carbons (Fsp3) is 0.208. The minimum atomic E-state index is -0.366. The molecule has 1 amide bonds. The minimum absolute atomic E-state index is 0.220. The van der Waals surface area contributed by atoms with Crippen LogP contribution in [0.4, 0.5) is 4.39 Å². The molecule has 0 atom stereocenters. The van der Waals surface area contributed by atoms with E-state index in [0.717, 1.165) is 16.9 Å². The van der Waals surface area contributed by atoms with Crippen LogP contribution in [0, 0.1) is 19.7 Å². The number of benzene rings is 2. The van der Waals surface area contributed by atoms with E-state index in [4.69, 9.17) is 0 Å². The van der Waals surface area contributed by atoms with Crippen molar-refractivity contribution in [3.8, 4) is 11.4 Å². The zero-order valence-electron chi connectivity index (χ0n) is 17.8. The monoisotopic (exact) mass is 417 g/mol. The summed E-state index contributed by atoms with van der Waals surface area (Å²) in [6.45, 7) is 6.05. The van der Waals surface area contributed by atoms with Gasteiger partial charge in [0.25, 0.3) is 5.91 Å². The van der Waals surface area contributed by atoms with Crippen LogP contribution >= 0.6 is 0 Å². The van der Waals surface area contributed by atoms with Crippen LogP contribution in [0.5, 0.6) is 0 Å². The first kappa shape index (κ1) is 20.5. The summed E-state index contributed by atoms with van der Waals surface area (Å²) in [7, 11) is 0. The van der Waals surface area contributed by atoms with Crippen LogP contribution in [0.2, 0.25) is 0 Å². The maximum Gasteiger partial charge on any atom is 0.255 e. The number of amides is 1. The lowest BCUT2D eigenvalue weighted by atomic mass is 10.1. The molecular formula is C24H24FN5O. The molecule has 0 aliphatic heterocycles. The van der Waals surface area contributed by atoms with Gasteiger partial charge in [-0.25, -0.2) is 14.1 Å². The first-order chi connectivity index (χ1) is 15.0. The molecule has 0 unspecified atom stereocenters. The molecule has 2 aromatic heterocycles. The standard InChI is InChI=1S/C24H24FN5O/c1-4-22-20(15-28-30(22)19-8-5-16(2)6-9-19)24(31)27-14-18-7-10-23(21(25)13-18)29-12-11-26-17(29)3/h5-13,15H,4,14H2,1-3H3,(H,27,31). The van der Waals surface area contributed by atoms with Crippen molar-refractivity contribution in [2.45, 2.75) is 33.7 Å². The van der Waals surface area contributed by atoms with Gasteiger partial charge in [-0.2, -0.15) is 5.10 Å². The average molecular weight is 417 g/mol. The highest BCUT2D eigenvalue weighted by Crippen LogP contribution is 2.18. The number of halogens is 1. The van der Waals surface area contributed by atoms with Crippen molar-refractivity contribution in [2.75, 3.05) is 0 Å². The molecule has 0 spiro atoms. The SMILES string of the molecule is CCc1c(C(=O)NCc2ccc(-n3ccnc3C)c(F)c2)cnn1-c1ccc(C)cc1. The molecule has 2 heterocycles. The lowest BCUT2D eigenvalue weighted by Gasteiger charge is -2.10. The van der Waals surface area contributed by atoms with Gasteiger partial charge in [-0.1, -0.05) is 30.7 Å². The van der Waals surface area contributed by atoms with Gasteiger partial charge in [-0.05, 0) is 50.1 Å². The van der Waals surface area contributed by atoms with Crippen LogP contribution in [0.3, 0.4) is 0 Å². The summed E-state index contributed by atoms with van der Waals surface area (Å²) < 4.78 is 18.1. The van der Waals surface area contributed by atoms with Gasteiger partial charge < -0.3 is 9.88 Å². The van der Waals surface area contributed by atoms with Gasteiger partial charge in [0.2, 0.25) is 0 Å². The highest BCUT2D eigenvalue weighted by molar-refractivity contribution is 5.95. The first-order valence-electron chi connectivity index (χ1n) is 10.2. The quantitative estimate of drug-likeness (QED) is 0.509. The van der Waals surface area contributed by atoms with E-state index in [1.54, 1.807) is 40.0 Å². The fourth-order valence-electron chi connectivity index (χ4n) is 3.58. The summed E-state index contributed by atoms with van der Waals surface area (Å²) in [4.78, 5) is 16.9. The van der Waals surface area contributed by atoms with Crippen LogP contribution in [-0.2, 0) is 13.0 Å². The van der Waals surface area contributed by atoms with E-state index < -0.39 is 0 Å². The van der Waals surface area contributed by atoms with Crippen molar-refractivity contribution < 1.29 is 9.18 Å². The third kappa shape index (κ3) is 4.12. The Kier molecular flexibility index (Phi) is 5.66. The van der Waals surface area contributed by atoms with E-state index in [-0.39, 0.29) is 18.3 Å². The Balaban J connectivity index is 1.50. The van der Waals surface area contributed by atoms with Crippen molar-refractivity contribution in [1.82, 2.24) is 24.6 Å². The second kappa shape index (κ2) is 8.55. The highest BCUT2D eigenvalue weighted by atomic mass is 19.1. The Morgan fingerprint density at radius 3 is 2.55 bits per heavy atom. The molecule has 158 valence electrons. The number of nitrogens with one attached hydrogen (secondary N) is 1. The topological polar surface area (TPSA) is 64.7 Å². The van der Waals surface area contributed by atoms with E-state index in [1.807, 2.05) is 45.0 Å². The number of imidazole rings is 1. The van der Waals surface area contributed by atoms with E-state index in [1.165, 1.54) is 6.07 Å². The van der Waals surface area contributed by atoms with Crippen molar-refractivity contribution in [2.24, 2.45) is 0 Å². The molecule has 0 aliphatic carbocycles. The summed E-state index contributed by atoms with van der Waals surface area (Å²) in [6, 6.07) is 12.9. The smallest absolute Gasteiger partial charge is 0.255 e. The number of hydrogen-bond acceptors (Lipinski definition) is 3. The summed E-state index contributed by atoms with van der Waals surface area (Å²) in [6.07, 6.45) is 5.59. The van der Waals surface area contributed by atoms with Gasteiger partial charge in [-0.3, -0.25) is 4.79 Å². The second-order valence-electron chi connectivity index (χ2n) is 7.42. The molecule has 0 radical (unpaired) electrons. The Labute approximate surface area is 180 Å². The molecule has 4 aromatic rings. The van der Waals surface area contributed by atoms with Gasteiger partial charge in [0, 0.05) is 18.9 Å². The minimum Gasteiger partial charge on any atom is -0.348 e. The van der Waals surface area contributed by atoms with Crippen molar-refractivity contribution in [1.29, 1.82) is 0 Å². The maximum atomic E-state index is 14.6. The lowest BCUT2D eigenvalue weighted by Crippen LogP contribution is -2.24. The molecule has 0 aliphatic rings. The number of carbonyl (C=O) groups excluding carboxylic acids is 1. The highest BCUT2D eigenvalue weighted by Gasteiger charge is 2.17. The predicted octanol–water partition coefficient (Wildman–Crippen LogP) is 4.31. The van der Waals surface area contributed by atoms with Crippen LogP contribution in [-0.4, -0.2) is 25.2 Å². The van der Waals surface area contributed by atoms with E-state index in [9.17, 15) is 9.18 Å². The van der Waals surface area contributed by atoms with E-state index in [0.29, 0.717) is 29.1 Å². The van der Waals surface area contributed by atoms with Gasteiger partial charge in [0.05, 0.1) is 28.8 Å². The van der Waals surface area contributed by atoms with Crippen LogP contribution in [0.15, 0.2) is 61.1 Å². The zero-order chi connectivity index (χ0) is 22.0. The Morgan fingerprint density at radius 2 is 1.90 bits per heavy atom. The number of aromatic nitrogens is 4. The number of rotatable bonds is 6. The molecule has 31 heavy (non-hydrogen) atoms. The molecule has 1 N–H and O–H groups in total. The number of hydrogen-bond donors (Lipinski definition) is 1. The lowest BCUT2D eigenvalue weighted by molar-refractivity contribution is 0.0950. The number of nitrogens with zero attached hydrogens (tertiary/aromatic N) is 4. The summed E-state index contributed by atoms with van der Waals surface area (Å²) in [5.74, 6) is 0.108. The molecule has 7 heteroatoms. The summed E-state index contributed by atoms with van der Waals surface area (Å²) in [5.41, 5.74) is 4.53. The largest absolute Gasteiger partial charge is 0.348 e. The van der Waals surface area contributed by atoms with Crippen molar-refractivity contribution in [3.05, 3.63) is 95.1 Å². The first-order valence-corrected chi connectivity index (χ1v) is 10.2. The Hall–Kier alpha value is -3.74. The van der Waals surface area contributed by atoms with Crippen molar-refractivity contribution in [3.63, 3.8) is 0 Å². The molecule has 4 rings (SSSR count). The average Bonchev–Trinajstić information content (AvgIpc) is 3.39. The van der Waals surface area contributed by atoms with Crippen molar-refractivity contribution >= 4 is 5.91 Å². The second-order valence-corrected chi connectivity index (χ2v) is 7.42. The molecule has 0 saturated heterocycles. The zero-order valence-corrected chi connectivity index (χ0v) is 17.8. The molecule has 0 bridgehead atoms. The van der Waals surface area contributed by atoms with Gasteiger partial charge in [0.1, 0.15) is 11.6 Å². The molecule has 0 saturated carbocycles.